The van der Waals surface area contributed by atoms with Gasteiger partial charge in [-0.1, -0.05) is 31.4 Å². The molecule has 1 saturated carbocycles. The number of hydrogen-bond acceptors (Lipinski definition) is 2. The van der Waals surface area contributed by atoms with Crippen LogP contribution in [0.5, 0.6) is 5.75 Å². The molecule has 0 aromatic heterocycles. The molecule has 5 heteroatoms. The average molecular weight is 287 g/mol. The van der Waals surface area contributed by atoms with Gasteiger partial charge in [0.2, 0.25) is 0 Å². The highest BCUT2D eigenvalue weighted by molar-refractivity contribution is 5.31. The minimum atomic E-state index is -4.64. The van der Waals surface area contributed by atoms with E-state index in [1.54, 1.807) is 6.07 Å². The maximum atomic E-state index is 12.3. The number of alkyl halides is 3. The third-order valence-electron chi connectivity index (χ3n) is 3.88. The molecule has 1 aromatic rings. The Bertz CT molecular complexity index is 427. The van der Waals surface area contributed by atoms with Crippen LogP contribution in [0.3, 0.4) is 0 Å². The van der Waals surface area contributed by atoms with Crippen LogP contribution in [0.4, 0.5) is 13.2 Å². The molecule has 1 unspecified atom stereocenters. The van der Waals surface area contributed by atoms with Crippen LogP contribution in [0.2, 0.25) is 0 Å². The Labute approximate surface area is 117 Å². The van der Waals surface area contributed by atoms with Gasteiger partial charge in [-0.25, -0.2) is 0 Å². The molecule has 2 nitrogen and oxygen atoms in total. The second-order valence-corrected chi connectivity index (χ2v) is 5.28. The van der Waals surface area contributed by atoms with E-state index in [2.05, 4.69) is 10.1 Å². The van der Waals surface area contributed by atoms with Gasteiger partial charge in [0.25, 0.3) is 0 Å². The van der Waals surface area contributed by atoms with Crippen LogP contribution in [0.15, 0.2) is 24.3 Å². The summed E-state index contributed by atoms with van der Waals surface area (Å²) in [7, 11) is 1.86. The van der Waals surface area contributed by atoms with Crippen molar-refractivity contribution in [1.29, 1.82) is 0 Å². The standard InChI is InChI=1S/C15H20F3NO/c1-19-14(11-6-3-2-4-7-11)12-8-5-9-13(10-12)20-15(16,17)18/h5,8-11,14,19H,2-4,6-7H2,1H3. The molecule has 1 aliphatic rings. The zero-order valence-electron chi connectivity index (χ0n) is 11.5. The summed E-state index contributed by atoms with van der Waals surface area (Å²) >= 11 is 0. The van der Waals surface area contributed by atoms with Crippen molar-refractivity contribution in [3.8, 4) is 5.75 Å². The molecule has 112 valence electrons. The van der Waals surface area contributed by atoms with Gasteiger partial charge in [0.15, 0.2) is 0 Å². The highest BCUT2D eigenvalue weighted by atomic mass is 19.4. The summed E-state index contributed by atoms with van der Waals surface area (Å²) < 4.78 is 40.8. The van der Waals surface area contributed by atoms with Gasteiger partial charge >= 0.3 is 6.36 Å². The van der Waals surface area contributed by atoms with Gasteiger partial charge in [-0.15, -0.1) is 13.2 Å². The van der Waals surface area contributed by atoms with Crippen molar-refractivity contribution >= 4 is 0 Å². The number of ether oxygens (including phenoxy) is 1. The molecule has 1 N–H and O–H groups in total. The van der Waals surface area contributed by atoms with E-state index < -0.39 is 6.36 Å². The van der Waals surface area contributed by atoms with Crippen molar-refractivity contribution in [2.24, 2.45) is 5.92 Å². The summed E-state index contributed by atoms with van der Waals surface area (Å²) in [5.41, 5.74) is 0.862. The number of halogens is 3. The third kappa shape index (κ3) is 4.13. The van der Waals surface area contributed by atoms with Crippen LogP contribution < -0.4 is 10.1 Å². The molecular formula is C15H20F3NO. The molecule has 1 atom stereocenters. The summed E-state index contributed by atoms with van der Waals surface area (Å²) in [6.45, 7) is 0. The Morgan fingerprint density at radius 1 is 1.20 bits per heavy atom. The summed E-state index contributed by atoms with van der Waals surface area (Å²) in [5.74, 6) is 0.334. The van der Waals surface area contributed by atoms with Crippen molar-refractivity contribution < 1.29 is 17.9 Å². The van der Waals surface area contributed by atoms with E-state index in [4.69, 9.17) is 0 Å². The van der Waals surface area contributed by atoms with Crippen molar-refractivity contribution in [2.75, 3.05) is 7.05 Å². The van der Waals surface area contributed by atoms with Crippen LogP contribution in [0.25, 0.3) is 0 Å². The van der Waals surface area contributed by atoms with Crippen LogP contribution >= 0.6 is 0 Å². The zero-order valence-corrected chi connectivity index (χ0v) is 11.5. The molecule has 2 rings (SSSR count). The molecule has 1 fully saturated rings. The van der Waals surface area contributed by atoms with Gasteiger partial charge in [-0.05, 0) is 43.5 Å². The van der Waals surface area contributed by atoms with E-state index in [1.807, 2.05) is 13.1 Å². The first-order valence-electron chi connectivity index (χ1n) is 7.02. The monoisotopic (exact) mass is 287 g/mol. The second kappa shape index (κ2) is 6.48. The van der Waals surface area contributed by atoms with E-state index in [0.29, 0.717) is 5.92 Å². The lowest BCUT2D eigenvalue weighted by Crippen LogP contribution is -2.27. The van der Waals surface area contributed by atoms with Crippen molar-refractivity contribution in [3.63, 3.8) is 0 Å². The lowest BCUT2D eigenvalue weighted by atomic mass is 9.81. The van der Waals surface area contributed by atoms with Crippen LogP contribution in [0.1, 0.15) is 43.7 Å². The van der Waals surface area contributed by atoms with Gasteiger partial charge < -0.3 is 10.1 Å². The van der Waals surface area contributed by atoms with Gasteiger partial charge in [-0.3, -0.25) is 0 Å². The fourth-order valence-corrected chi connectivity index (χ4v) is 3.05. The van der Waals surface area contributed by atoms with Crippen molar-refractivity contribution in [1.82, 2.24) is 5.32 Å². The smallest absolute Gasteiger partial charge is 0.406 e. The molecule has 0 aliphatic heterocycles. The third-order valence-corrected chi connectivity index (χ3v) is 3.88. The average Bonchev–Trinajstić information content (AvgIpc) is 2.39. The van der Waals surface area contributed by atoms with Crippen LogP contribution in [-0.4, -0.2) is 13.4 Å². The second-order valence-electron chi connectivity index (χ2n) is 5.28. The van der Waals surface area contributed by atoms with Crippen LogP contribution in [0, 0.1) is 5.92 Å². The number of hydrogen-bond donors (Lipinski definition) is 1. The topological polar surface area (TPSA) is 21.3 Å². The van der Waals surface area contributed by atoms with E-state index >= 15 is 0 Å². The fraction of sp³-hybridized carbons (Fsp3) is 0.600. The number of nitrogens with one attached hydrogen (secondary N) is 1. The van der Waals surface area contributed by atoms with E-state index in [1.165, 1.54) is 31.4 Å². The molecule has 1 aliphatic carbocycles. The Kier molecular flexibility index (Phi) is 4.91. The van der Waals surface area contributed by atoms with Crippen LogP contribution in [-0.2, 0) is 0 Å². The van der Waals surface area contributed by atoms with E-state index in [9.17, 15) is 13.2 Å². The predicted molar refractivity (Wildman–Crippen MR) is 71.5 cm³/mol. The van der Waals surface area contributed by atoms with Crippen molar-refractivity contribution in [2.45, 2.75) is 44.5 Å². The molecule has 0 amide bonds. The summed E-state index contributed by atoms with van der Waals surface area (Å²) in [4.78, 5) is 0. The maximum absolute atomic E-state index is 12.3. The maximum Gasteiger partial charge on any atom is 0.573 e. The molecule has 0 spiro atoms. The highest BCUT2D eigenvalue weighted by Gasteiger charge is 2.31. The largest absolute Gasteiger partial charge is 0.573 e. The molecule has 20 heavy (non-hydrogen) atoms. The number of benzene rings is 1. The first kappa shape index (κ1) is 15.2. The van der Waals surface area contributed by atoms with E-state index in [0.717, 1.165) is 18.4 Å². The molecule has 0 bridgehead atoms. The molecule has 1 aromatic carbocycles. The summed E-state index contributed by atoms with van der Waals surface area (Å²) in [5, 5.41) is 3.24. The van der Waals surface area contributed by atoms with Gasteiger partial charge in [0.05, 0.1) is 0 Å². The first-order valence-corrected chi connectivity index (χ1v) is 7.02. The molecular weight excluding hydrogens is 267 g/mol. The minimum Gasteiger partial charge on any atom is -0.406 e. The Hall–Kier alpha value is -1.23. The van der Waals surface area contributed by atoms with Gasteiger partial charge in [0, 0.05) is 6.04 Å². The van der Waals surface area contributed by atoms with Gasteiger partial charge in [-0.2, -0.15) is 0 Å². The van der Waals surface area contributed by atoms with Crippen molar-refractivity contribution in [3.05, 3.63) is 29.8 Å². The Morgan fingerprint density at radius 3 is 2.50 bits per heavy atom. The highest BCUT2D eigenvalue weighted by Crippen LogP contribution is 2.35. The minimum absolute atomic E-state index is 0.0899. The lowest BCUT2D eigenvalue weighted by Gasteiger charge is -2.30. The Morgan fingerprint density at radius 2 is 1.90 bits per heavy atom. The number of rotatable bonds is 4. The lowest BCUT2D eigenvalue weighted by molar-refractivity contribution is -0.274. The fourth-order valence-electron chi connectivity index (χ4n) is 3.05. The summed E-state index contributed by atoms with van der Waals surface area (Å²) in [6, 6.07) is 6.39. The normalized spacial score (nSPS) is 18.8. The zero-order chi connectivity index (χ0) is 14.6. The van der Waals surface area contributed by atoms with E-state index in [-0.39, 0.29) is 11.8 Å². The van der Waals surface area contributed by atoms with Gasteiger partial charge in [0.1, 0.15) is 5.75 Å². The predicted octanol–water partition coefficient (Wildman–Crippen LogP) is 4.43. The quantitative estimate of drug-likeness (QED) is 0.884. The molecule has 0 radical (unpaired) electrons. The first-order chi connectivity index (χ1) is 9.49. The summed E-state index contributed by atoms with van der Waals surface area (Å²) in [6.07, 6.45) is 1.25. The SMILES string of the molecule is CNC(c1cccc(OC(F)(F)F)c1)C1CCCCC1. The Balaban J connectivity index is 2.14. The molecule has 0 saturated heterocycles. The molecule has 0 heterocycles.